The molecule has 0 aliphatic carbocycles. The summed E-state index contributed by atoms with van der Waals surface area (Å²) in [6.07, 6.45) is 10.1. The predicted octanol–water partition coefficient (Wildman–Crippen LogP) is 5.95. The van der Waals surface area contributed by atoms with Crippen LogP contribution in [0.15, 0.2) is 72.4 Å². The van der Waals surface area contributed by atoms with Gasteiger partial charge in [-0.2, -0.15) is 0 Å². The first-order valence-corrected chi connectivity index (χ1v) is 6.90. The topological polar surface area (TPSA) is 0 Å². The summed E-state index contributed by atoms with van der Waals surface area (Å²) in [6, 6.07) is 6.47. The third kappa shape index (κ3) is 4.24. The molecule has 0 atom stereocenters. The van der Waals surface area contributed by atoms with Crippen LogP contribution in [-0.4, -0.2) is 0 Å². The first kappa shape index (κ1) is 16.0. The predicted molar refractivity (Wildman–Crippen MR) is 91.8 cm³/mol. The van der Waals surface area contributed by atoms with Crippen molar-refractivity contribution in [3.8, 4) is 0 Å². The van der Waals surface area contributed by atoms with E-state index in [1.165, 1.54) is 22.3 Å². The number of rotatable bonds is 5. The zero-order valence-corrected chi connectivity index (χ0v) is 13.0. The highest BCUT2D eigenvalue weighted by molar-refractivity contribution is 5.61. The first-order chi connectivity index (χ1) is 9.49. The Morgan fingerprint density at radius 1 is 1.15 bits per heavy atom. The molecular formula is C20H24. The van der Waals surface area contributed by atoms with Crippen LogP contribution >= 0.6 is 0 Å². The molecule has 0 aliphatic rings. The molecule has 0 heteroatoms. The maximum atomic E-state index is 4.14. The van der Waals surface area contributed by atoms with Crippen LogP contribution in [0.1, 0.15) is 30.5 Å². The molecule has 0 amide bonds. The molecule has 0 saturated carbocycles. The minimum absolute atomic E-state index is 0.982. The van der Waals surface area contributed by atoms with E-state index in [9.17, 15) is 0 Å². The van der Waals surface area contributed by atoms with Crippen LogP contribution < -0.4 is 0 Å². The first-order valence-electron chi connectivity index (χ1n) is 6.90. The molecule has 1 rings (SSSR count). The van der Waals surface area contributed by atoms with Crippen LogP contribution in [0.3, 0.4) is 0 Å². The lowest BCUT2D eigenvalue weighted by molar-refractivity contribution is 1.36. The molecule has 0 aromatic heterocycles. The summed E-state index contributed by atoms with van der Waals surface area (Å²) < 4.78 is 0. The Balaban J connectivity index is 3.02. The average Bonchev–Trinajstić information content (AvgIpc) is 2.38. The Kier molecular flexibility index (Phi) is 5.99. The Labute approximate surface area is 123 Å². The highest BCUT2D eigenvalue weighted by atomic mass is 14.0. The van der Waals surface area contributed by atoms with Gasteiger partial charge in [0, 0.05) is 0 Å². The van der Waals surface area contributed by atoms with Gasteiger partial charge in [-0.1, -0.05) is 67.3 Å². The Morgan fingerprint density at radius 3 is 2.40 bits per heavy atom. The fourth-order valence-electron chi connectivity index (χ4n) is 2.18. The van der Waals surface area contributed by atoms with Crippen molar-refractivity contribution in [2.24, 2.45) is 0 Å². The van der Waals surface area contributed by atoms with Crippen molar-refractivity contribution in [3.63, 3.8) is 0 Å². The van der Waals surface area contributed by atoms with Gasteiger partial charge in [0.2, 0.25) is 0 Å². The summed E-state index contributed by atoms with van der Waals surface area (Å²) in [7, 11) is 0. The molecule has 0 fully saturated rings. The Hall–Kier alpha value is -2.08. The molecule has 0 heterocycles. The lowest BCUT2D eigenvalue weighted by Crippen LogP contribution is -1.86. The van der Waals surface area contributed by atoms with E-state index in [1.807, 2.05) is 19.1 Å². The van der Waals surface area contributed by atoms with Gasteiger partial charge in [0.15, 0.2) is 0 Å². The number of benzene rings is 1. The van der Waals surface area contributed by atoms with Crippen molar-refractivity contribution < 1.29 is 0 Å². The van der Waals surface area contributed by atoms with Gasteiger partial charge >= 0.3 is 0 Å². The molecule has 20 heavy (non-hydrogen) atoms. The van der Waals surface area contributed by atoms with Crippen molar-refractivity contribution in [1.29, 1.82) is 0 Å². The third-order valence-corrected chi connectivity index (χ3v) is 3.28. The van der Waals surface area contributed by atoms with Gasteiger partial charge in [0.05, 0.1) is 0 Å². The number of aryl methyl sites for hydroxylation is 2. The molecule has 104 valence electrons. The van der Waals surface area contributed by atoms with Crippen molar-refractivity contribution in [2.75, 3.05) is 0 Å². The molecule has 0 aliphatic heterocycles. The minimum atomic E-state index is 0.982. The summed E-state index contributed by atoms with van der Waals surface area (Å²) in [4.78, 5) is 0. The molecule has 0 spiro atoms. The molecular weight excluding hydrogens is 240 g/mol. The molecule has 0 unspecified atom stereocenters. The van der Waals surface area contributed by atoms with Gasteiger partial charge in [-0.3, -0.25) is 0 Å². The van der Waals surface area contributed by atoms with E-state index >= 15 is 0 Å². The largest absolute Gasteiger partial charge is 0.0984 e. The summed E-state index contributed by atoms with van der Waals surface area (Å²) >= 11 is 0. The van der Waals surface area contributed by atoms with Gasteiger partial charge in [-0.25, -0.2) is 0 Å². The van der Waals surface area contributed by atoms with E-state index in [-0.39, 0.29) is 0 Å². The number of hydrogen-bond acceptors (Lipinski definition) is 0. The molecule has 1 aromatic rings. The fourth-order valence-corrected chi connectivity index (χ4v) is 2.18. The maximum absolute atomic E-state index is 4.14. The average molecular weight is 264 g/mol. The highest BCUT2D eigenvalue weighted by Crippen LogP contribution is 2.19. The van der Waals surface area contributed by atoms with Gasteiger partial charge in [-0.05, 0) is 55.5 Å². The van der Waals surface area contributed by atoms with Crippen LogP contribution in [0, 0.1) is 13.8 Å². The lowest BCUT2D eigenvalue weighted by Gasteiger charge is -2.06. The minimum Gasteiger partial charge on any atom is -0.0984 e. The summed E-state index contributed by atoms with van der Waals surface area (Å²) in [5, 5.41) is 0. The molecule has 0 nitrogen and oxygen atoms in total. The normalized spacial score (nSPS) is 12.8. The van der Waals surface area contributed by atoms with E-state index in [2.05, 4.69) is 70.4 Å². The second-order valence-electron chi connectivity index (χ2n) is 5.02. The van der Waals surface area contributed by atoms with E-state index in [4.69, 9.17) is 0 Å². The fraction of sp³-hybridized carbons (Fsp3) is 0.200. The van der Waals surface area contributed by atoms with E-state index in [0.717, 1.165) is 11.1 Å². The van der Waals surface area contributed by atoms with Crippen molar-refractivity contribution >= 4 is 6.08 Å². The summed E-state index contributed by atoms with van der Waals surface area (Å²) in [5.74, 6) is 0. The second kappa shape index (κ2) is 7.49. The van der Waals surface area contributed by atoms with Gasteiger partial charge in [0.25, 0.3) is 0 Å². The van der Waals surface area contributed by atoms with Gasteiger partial charge < -0.3 is 0 Å². The monoisotopic (exact) mass is 264 g/mol. The zero-order valence-electron chi connectivity index (χ0n) is 13.0. The molecule has 0 bridgehead atoms. The third-order valence-electron chi connectivity index (χ3n) is 3.28. The van der Waals surface area contributed by atoms with Crippen LogP contribution in [0.2, 0.25) is 0 Å². The zero-order chi connectivity index (χ0) is 15.1. The Morgan fingerprint density at radius 2 is 1.85 bits per heavy atom. The lowest BCUT2D eigenvalue weighted by atomic mass is 9.99. The van der Waals surface area contributed by atoms with Crippen molar-refractivity contribution in [1.82, 2.24) is 0 Å². The van der Waals surface area contributed by atoms with Crippen molar-refractivity contribution in [3.05, 3.63) is 89.1 Å². The number of allylic oxidation sites excluding steroid dienone is 7. The SMILES string of the molecule is C=C/C(C(=C)/C=C\c1ccc(C)cc1C)=C(C)\C=C/C. The smallest absolute Gasteiger partial charge is 0.0167 e. The van der Waals surface area contributed by atoms with Crippen LogP contribution in [0.4, 0.5) is 0 Å². The van der Waals surface area contributed by atoms with Gasteiger partial charge in [-0.15, -0.1) is 0 Å². The van der Waals surface area contributed by atoms with E-state index < -0.39 is 0 Å². The quantitative estimate of drug-likeness (QED) is 0.576. The van der Waals surface area contributed by atoms with Crippen LogP contribution in [0.5, 0.6) is 0 Å². The standard InChI is InChI=1S/C20H24/c1-7-9-16(4)20(8-2)17(5)11-13-19-12-10-15(3)14-18(19)6/h7-14H,2,5H2,1,3-4,6H3/b9-7-,13-11-,20-16+. The van der Waals surface area contributed by atoms with Crippen molar-refractivity contribution in [2.45, 2.75) is 27.7 Å². The summed E-state index contributed by atoms with van der Waals surface area (Å²) in [6.45, 7) is 16.4. The van der Waals surface area contributed by atoms with E-state index in [0.29, 0.717) is 0 Å². The van der Waals surface area contributed by atoms with Crippen LogP contribution in [-0.2, 0) is 0 Å². The summed E-state index contributed by atoms with van der Waals surface area (Å²) in [5.41, 5.74) is 7.04. The molecule has 0 radical (unpaired) electrons. The maximum Gasteiger partial charge on any atom is -0.0167 e. The Bertz CT molecular complexity index is 592. The molecule has 1 aromatic carbocycles. The van der Waals surface area contributed by atoms with Gasteiger partial charge in [0.1, 0.15) is 0 Å². The van der Waals surface area contributed by atoms with E-state index in [1.54, 1.807) is 0 Å². The molecule has 0 N–H and O–H groups in total. The second-order valence-corrected chi connectivity index (χ2v) is 5.02. The highest BCUT2D eigenvalue weighted by Gasteiger charge is 1.99. The number of hydrogen-bond donors (Lipinski definition) is 0. The molecule has 0 saturated heterocycles. The van der Waals surface area contributed by atoms with Crippen LogP contribution in [0.25, 0.3) is 6.08 Å².